The van der Waals surface area contributed by atoms with E-state index in [0.29, 0.717) is 11.1 Å². The molecule has 0 radical (unpaired) electrons. The third kappa shape index (κ3) is 3.41. The second kappa shape index (κ2) is 6.55. The van der Waals surface area contributed by atoms with Gasteiger partial charge in [0.1, 0.15) is 0 Å². The fraction of sp³-hybridized carbons (Fsp3) is 0. The molecule has 112 valence electrons. The van der Waals surface area contributed by atoms with Crippen molar-refractivity contribution in [3.8, 4) is 0 Å². The number of nitro benzene ring substituents is 2. The fourth-order valence-corrected chi connectivity index (χ4v) is 2.18. The first-order chi connectivity index (χ1) is 10.4. The van der Waals surface area contributed by atoms with Gasteiger partial charge >= 0.3 is 0 Å². The predicted octanol–water partition coefficient (Wildman–Crippen LogP) is 4.81. The third-order valence-electron chi connectivity index (χ3n) is 2.86. The fourth-order valence-electron chi connectivity index (χ4n) is 1.71. The van der Waals surface area contributed by atoms with Crippen molar-refractivity contribution in [2.24, 2.45) is 0 Å². The van der Waals surface area contributed by atoms with Crippen molar-refractivity contribution in [2.75, 3.05) is 0 Å². The third-order valence-corrected chi connectivity index (χ3v) is 3.77. The van der Waals surface area contributed by atoms with Gasteiger partial charge in [-0.05, 0) is 35.4 Å². The largest absolute Gasteiger partial charge is 0.269 e. The molecule has 2 aromatic rings. The molecule has 2 rings (SSSR count). The Hall–Kier alpha value is -2.44. The molecule has 8 heteroatoms. The molecular formula is C14H8Cl2N2O4. The van der Waals surface area contributed by atoms with Crippen LogP contribution in [0, 0.1) is 20.2 Å². The number of benzene rings is 2. The van der Waals surface area contributed by atoms with Gasteiger partial charge in [0, 0.05) is 24.3 Å². The first kappa shape index (κ1) is 15.9. The zero-order chi connectivity index (χ0) is 16.3. The molecule has 0 N–H and O–H groups in total. The summed E-state index contributed by atoms with van der Waals surface area (Å²) in [5.41, 5.74) is 0.908. The lowest BCUT2D eigenvalue weighted by atomic mass is 10.1. The summed E-state index contributed by atoms with van der Waals surface area (Å²) >= 11 is 12.3. The molecule has 2 aromatic carbocycles. The van der Waals surface area contributed by atoms with Crippen molar-refractivity contribution < 1.29 is 9.85 Å². The van der Waals surface area contributed by atoms with Crippen molar-refractivity contribution in [2.45, 2.75) is 0 Å². The first-order valence-corrected chi connectivity index (χ1v) is 6.70. The SMILES string of the molecule is O=[N+]([O-])c1ccc(/C(Cl)=C(\Cl)c2ccc([N+](=O)[O-])cc2)cc1. The van der Waals surface area contributed by atoms with E-state index in [4.69, 9.17) is 23.2 Å². The van der Waals surface area contributed by atoms with E-state index in [0.717, 1.165) is 0 Å². The van der Waals surface area contributed by atoms with E-state index in [9.17, 15) is 20.2 Å². The molecule has 0 atom stereocenters. The summed E-state index contributed by atoms with van der Waals surface area (Å²) < 4.78 is 0. The van der Waals surface area contributed by atoms with Gasteiger partial charge in [0.05, 0.1) is 19.9 Å². The summed E-state index contributed by atoms with van der Waals surface area (Å²) in [6.07, 6.45) is 0. The minimum atomic E-state index is -0.515. The van der Waals surface area contributed by atoms with Gasteiger partial charge in [0.25, 0.3) is 11.4 Å². The van der Waals surface area contributed by atoms with Crippen LogP contribution in [0.1, 0.15) is 11.1 Å². The molecule has 0 fully saturated rings. The molecule has 6 nitrogen and oxygen atoms in total. The number of rotatable bonds is 4. The maximum Gasteiger partial charge on any atom is 0.269 e. The summed E-state index contributed by atoms with van der Waals surface area (Å²) in [5.74, 6) is 0. The van der Waals surface area contributed by atoms with Crippen LogP contribution < -0.4 is 0 Å². The van der Waals surface area contributed by atoms with Crippen molar-refractivity contribution in [3.63, 3.8) is 0 Å². The van der Waals surface area contributed by atoms with Gasteiger partial charge in [-0.3, -0.25) is 20.2 Å². The molecule has 22 heavy (non-hydrogen) atoms. The normalized spacial score (nSPS) is 11.7. The molecular weight excluding hydrogens is 331 g/mol. The van der Waals surface area contributed by atoms with Crippen LogP contribution in [0.15, 0.2) is 48.5 Å². The van der Waals surface area contributed by atoms with Crippen LogP contribution in [0.2, 0.25) is 0 Å². The standard InChI is InChI=1S/C14H8Cl2N2O4/c15-13(9-1-5-11(6-2-9)17(19)20)14(16)10-3-7-12(8-4-10)18(21)22/h1-8H/b14-13+. The molecule has 0 saturated carbocycles. The number of nitrogens with zero attached hydrogens (tertiary/aromatic N) is 2. The molecule has 0 aliphatic heterocycles. The molecule has 0 heterocycles. The van der Waals surface area contributed by atoms with Crippen LogP contribution in [-0.2, 0) is 0 Å². The molecule has 0 aromatic heterocycles. The summed E-state index contributed by atoms with van der Waals surface area (Å²) in [6.45, 7) is 0. The summed E-state index contributed by atoms with van der Waals surface area (Å²) in [4.78, 5) is 20.2. The lowest BCUT2D eigenvalue weighted by Crippen LogP contribution is -1.89. The Balaban J connectivity index is 2.35. The van der Waals surface area contributed by atoms with Crippen LogP contribution in [0.4, 0.5) is 11.4 Å². The summed E-state index contributed by atoms with van der Waals surface area (Å²) in [6, 6.07) is 11.2. The number of hydrogen-bond acceptors (Lipinski definition) is 4. The molecule has 0 aliphatic carbocycles. The van der Waals surface area contributed by atoms with E-state index in [1.165, 1.54) is 48.5 Å². The zero-order valence-electron chi connectivity index (χ0n) is 10.9. The second-order valence-corrected chi connectivity index (χ2v) is 4.99. The molecule has 0 aliphatic rings. The van der Waals surface area contributed by atoms with Crippen molar-refractivity contribution >= 4 is 44.6 Å². The molecule has 0 unspecified atom stereocenters. The van der Waals surface area contributed by atoms with Crippen LogP contribution >= 0.6 is 23.2 Å². The Morgan fingerprint density at radius 2 is 0.955 bits per heavy atom. The van der Waals surface area contributed by atoms with Crippen LogP contribution in [0.5, 0.6) is 0 Å². The van der Waals surface area contributed by atoms with E-state index in [1.807, 2.05) is 0 Å². The predicted molar refractivity (Wildman–Crippen MR) is 84.7 cm³/mol. The molecule has 0 amide bonds. The number of non-ortho nitro benzene ring substituents is 2. The van der Waals surface area contributed by atoms with Gasteiger partial charge in [-0.25, -0.2) is 0 Å². The lowest BCUT2D eigenvalue weighted by molar-refractivity contribution is -0.385. The average molecular weight is 339 g/mol. The van der Waals surface area contributed by atoms with Crippen LogP contribution in [0.3, 0.4) is 0 Å². The number of nitro groups is 2. The van der Waals surface area contributed by atoms with E-state index >= 15 is 0 Å². The van der Waals surface area contributed by atoms with Gasteiger partial charge in [0.2, 0.25) is 0 Å². The second-order valence-electron chi connectivity index (χ2n) is 4.24. The van der Waals surface area contributed by atoms with Gasteiger partial charge in [-0.2, -0.15) is 0 Å². The topological polar surface area (TPSA) is 86.3 Å². The summed E-state index contributed by atoms with van der Waals surface area (Å²) in [5, 5.41) is 21.6. The minimum absolute atomic E-state index is 0.0559. The van der Waals surface area contributed by atoms with Crippen LogP contribution in [0.25, 0.3) is 10.1 Å². The monoisotopic (exact) mass is 338 g/mol. The Kier molecular flexibility index (Phi) is 4.75. The highest BCUT2D eigenvalue weighted by Gasteiger charge is 2.12. The van der Waals surface area contributed by atoms with Crippen molar-refractivity contribution in [1.29, 1.82) is 0 Å². The zero-order valence-corrected chi connectivity index (χ0v) is 12.4. The van der Waals surface area contributed by atoms with Crippen LogP contribution in [-0.4, -0.2) is 9.85 Å². The minimum Gasteiger partial charge on any atom is -0.258 e. The van der Waals surface area contributed by atoms with Crippen molar-refractivity contribution in [1.82, 2.24) is 0 Å². The quantitative estimate of drug-likeness (QED) is 0.454. The van der Waals surface area contributed by atoms with Gasteiger partial charge in [-0.1, -0.05) is 23.2 Å². The first-order valence-electron chi connectivity index (χ1n) is 5.95. The van der Waals surface area contributed by atoms with Gasteiger partial charge < -0.3 is 0 Å². The highest BCUT2D eigenvalue weighted by molar-refractivity contribution is 6.65. The van der Waals surface area contributed by atoms with E-state index in [1.54, 1.807) is 0 Å². The maximum absolute atomic E-state index is 10.6. The maximum atomic E-state index is 10.6. The molecule has 0 saturated heterocycles. The Labute approximate surface area is 134 Å². The highest BCUT2D eigenvalue weighted by Crippen LogP contribution is 2.33. The van der Waals surface area contributed by atoms with Gasteiger partial charge in [0.15, 0.2) is 0 Å². The average Bonchev–Trinajstić information content (AvgIpc) is 2.53. The lowest BCUT2D eigenvalue weighted by Gasteiger charge is -2.04. The van der Waals surface area contributed by atoms with E-state index in [2.05, 4.69) is 0 Å². The Morgan fingerprint density at radius 3 is 1.18 bits per heavy atom. The highest BCUT2D eigenvalue weighted by atomic mass is 35.5. The Morgan fingerprint density at radius 1 is 0.682 bits per heavy atom. The summed E-state index contributed by atoms with van der Waals surface area (Å²) in [7, 11) is 0. The van der Waals surface area contributed by atoms with Gasteiger partial charge in [-0.15, -0.1) is 0 Å². The van der Waals surface area contributed by atoms with Crippen molar-refractivity contribution in [3.05, 3.63) is 79.9 Å². The Bertz CT molecular complexity index is 690. The smallest absolute Gasteiger partial charge is 0.258 e. The number of halogens is 2. The molecule has 0 spiro atoms. The molecule has 0 bridgehead atoms. The van der Waals surface area contributed by atoms with E-state index in [-0.39, 0.29) is 21.4 Å². The number of hydrogen-bond donors (Lipinski definition) is 0. The van der Waals surface area contributed by atoms with E-state index < -0.39 is 9.85 Å².